The number of aromatic hydroxyl groups is 1. The molecule has 5 nitrogen and oxygen atoms in total. The number of ether oxygens (including phenoxy) is 1. The van der Waals surface area contributed by atoms with Crippen LogP contribution in [-0.2, 0) is 4.74 Å². The van der Waals surface area contributed by atoms with E-state index in [0.717, 1.165) is 37.6 Å². The average Bonchev–Trinajstić information content (AvgIpc) is 3.07. The van der Waals surface area contributed by atoms with E-state index in [4.69, 9.17) is 9.84 Å². The molecule has 7 heteroatoms. The molecule has 2 aromatic rings. The molecule has 1 heterocycles. The maximum atomic E-state index is 14.1. The third kappa shape index (κ3) is 4.24. The van der Waals surface area contributed by atoms with Gasteiger partial charge in [0.2, 0.25) is 0 Å². The molecular weight excluding hydrogens is 330 g/mol. The largest absolute Gasteiger partial charge is 0.508 e. The van der Waals surface area contributed by atoms with E-state index in [2.05, 4.69) is 10.6 Å². The molecule has 1 atom stereocenters. The zero-order chi connectivity index (χ0) is 17.8. The Morgan fingerprint density at radius 1 is 1.20 bits per heavy atom. The van der Waals surface area contributed by atoms with Gasteiger partial charge in [0.1, 0.15) is 17.4 Å². The van der Waals surface area contributed by atoms with E-state index in [-0.39, 0.29) is 23.1 Å². The second kappa shape index (κ2) is 7.48. The minimum atomic E-state index is -0.854. The fourth-order valence-corrected chi connectivity index (χ4v) is 2.65. The van der Waals surface area contributed by atoms with Crippen molar-refractivity contribution in [2.75, 3.05) is 23.8 Å². The van der Waals surface area contributed by atoms with Gasteiger partial charge in [-0.05, 0) is 43.2 Å². The molecule has 1 amide bonds. The van der Waals surface area contributed by atoms with Gasteiger partial charge in [-0.1, -0.05) is 0 Å². The van der Waals surface area contributed by atoms with Gasteiger partial charge in [-0.3, -0.25) is 4.79 Å². The number of carbonyl (C=O) groups excluding carboxylic acids is 1. The molecule has 1 fully saturated rings. The number of rotatable bonds is 5. The van der Waals surface area contributed by atoms with Crippen molar-refractivity contribution in [2.45, 2.75) is 18.9 Å². The van der Waals surface area contributed by atoms with E-state index in [1.54, 1.807) is 0 Å². The van der Waals surface area contributed by atoms with E-state index in [0.29, 0.717) is 12.2 Å². The smallest absolute Gasteiger partial charge is 0.258 e. The van der Waals surface area contributed by atoms with Crippen LogP contribution in [0.1, 0.15) is 23.2 Å². The monoisotopic (exact) mass is 348 g/mol. The van der Waals surface area contributed by atoms with Crippen LogP contribution in [0.25, 0.3) is 0 Å². The summed E-state index contributed by atoms with van der Waals surface area (Å²) in [5.74, 6) is -2.38. The lowest BCUT2D eigenvalue weighted by atomic mass is 10.1. The first-order chi connectivity index (χ1) is 12.0. The molecule has 132 valence electrons. The van der Waals surface area contributed by atoms with Gasteiger partial charge in [-0.15, -0.1) is 0 Å². The van der Waals surface area contributed by atoms with Crippen LogP contribution in [0.5, 0.6) is 5.75 Å². The number of halogens is 2. The van der Waals surface area contributed by atoms with E-state index in [1.165, 1.54) is 18.2 Å². The Hall–Kier alpha value is -2.67. The van der Waals surface area contributed by atoms with Gasteiger partial charge >= 0.3 is 0 Å². The van der Waals surface area contributed by atoms with Gasteiger partial charge in [0.05, 0.1) is 17.4 Å². The van der Waals surface area contributed by atoms with Gasteiger partial charge in [0.25, 0.3) is 5.91 Å². The molecule has 0 aromatic heterocycles. The third-order valence-electron chi connectivity index (χ3n) is 3.97. The second-order valence-corrected chi connectivity index (χ2v) is 5.83. The van der Waals surface area contributed by atoms with Crippen molar-refractivity contribution in [3.63, 3.8) is 0 Å². The number of hydrogen-bond acceptors (Lipinski definition) is 4. The highest BCUT2D eigenvalue weighted by Gasteiger charge is 2.16. The number of benzene rings is 2. The van der Waals surface area contributed by atoms with Crippen molar-refractivity contribution >= 4 is 17.3 Å². The molecule has 0 spiro atoms. The van der Waals surface area contributed by atoms with Crippen LogP contribution in [0.4, 0.5) is 20.2 Å². The molecule has 1 aliphatic heterocycles. The topological polar surface area (TPSA) is 70.6 Å². The van der Waals surface area contributed by atoms with Crippen LogP contribution < -0.4 is 10.6 Å². The maximum Gasteiger partial charge on any atom is 0.258 e. The number of phenolic OH excluding ortho intramolecular Hbond substituents is 1. The number of anilines is 2. The summed E-state index contributed by atoms with van der Waals surface area (Å²) in [5.41, 5.74) is 0.278. The summed E-state index contributed by atoms with van der Waals surface area (Å²) in [6, 6.07) is 7.40. The molecular formula is C18H18F2N2O3. The molecule has 0 unspecified atom stereocenters. The average molecular weight is 348 g/mol. The van der Waals surface area contributed by atoms with Crippen molar-refractivity contribution in [1.82, 2.24) is 0 Å². The third-order valence-corrected chi connectivity index (χ3v) is 3.97. The van der Waals surface area contributed by atoms with Gasteiger partial charge in [0, 0.05) is 24.9 Å². The minimum Gasteiger partial charge on any atom is -0.508 e. The van der Waals surface area contributed by atoms with Crippen molar-refractivity contribution < 1.29 is 23.4 Å². The summed E-state index contributed by atoms with van der Waals surface area (Å²) in [7, 11) is 0. The normalized spacial score (nSPS) is 16.6. The second-order valence-electron chi connectivity index (χ2n) is 5.83. The standard InChI is InChI=1S/C18H18F2N2O3/c19-15-9-12(23)4-5-14(15)18(24)22-11-3-6-17(16(20)8-11)21-10-13-2-1-7-25-13/h3-6,8-9,13,21,23H,1-2,7,10H2,(H,22,24)/t13-/m0/s1. The SMILES string of the molecule is O=C(Nc1ccc(NC[C@@H]2CCCO2)c(F)c1)c1ccc(O)cc1F. The Labute approximate surface area is 143 Å². The van der Waals surface area contributed by atoms with Gasteiger partial charge in [0.15, 0.2) is 0 Å². The summed E-state index contributed by atoms with van der Waals surface area (Å²) in [6.45, 7) is 1.25. The lowest BCUT2D eigenvalue weighted by Crippen LogP contribution is -2.19. The molecule has 3 N–H and O–H groups in total. The first-order valence-electron chi connectivity index (χ1n) is 7.98. The molecule has 1 saturated heterocycles. The zero-order valence-electron chi connectivity index (χ0n) is 13.4. The number of phenols is 1. The first-order valence-corrected chi connectivity index (χ1v) is 7.98. The lowest BCUT2D eigenvalue weighted by molar-refractivity contribution is 0.102. The van der Waals surface area contributed by atoms with Crippen LogP contribution in [0.2, 0.25) is 0 Å². The highest BCUT2D eigenvalue weighted by Crippen LogP contribution is 2.22. The Morgan fingerprint density at radius 3 is 2.72 bits per heavy atom. The Bertz CT molecular complexity index is 777. The van der Waals surface area contributed by atoms with Crippen molar-refractivity contribution in [3.05, 3.63) is 53.6 Å². The summed E-state index contributed by atoms with van der Waals surface area (Å²) < 4.78 is 33.3. The lowest BCUT2D eigenvalue weighted by Gasteiger charge is -2.13. The van der Waals surface area contributed by atoms with Crippen molar-refractivity contribution in [2.24, 2.45) is 0 Å². The molecule has 0 aliphatic carbocycles. The summed E-state index contributed by atoms with van der Waals surface area (Å²) in [6.07, 6.45) is 2.03. The zero-order valence-corrected chi connectivity index (χ0v) is 13.4. The van der Waals surface area contributed by atoms with E-state index >= 15 is 0 Å². The number of hydrogen-bond donors (Lipinski definition) is 3. The Balaban J connectivity index is 1.64. The van der Waals surface area contributed by atoms with E-state index in [9.17, 15) is 13.6 Å². The number of nitrogens with one attached hydrogen (secondary N) is 2. The molecule has 1 aliphatic rings. The van der Waals surface area contributed by atoms with Crippen LogP contribution in [0, 0.1) is 11.6 Å². The minimum absolute atomic E-state index is 0.0799. The predicted molar refractivity (Wildman–Crippen MR) is 89.9 cm³/mol. The van der Waals surface area contributed by atoms with E-state index in [1.807, 2.05) is 0 Å². The van der Waals surface area contributed by atoms with Crippen molar-refractivity contribution in [3.8, 4) is 5.75 Å². The van der Waals surface area contributed by atoms with E-state index < -0.39 is 17.5 Å². The molecule has 3 rings (SSSR count). The summed E-state index contributed by atoms with van der Waals surface area (Å²) >= 11 is 0. The summed E-state index contributed by atoms with van der Waals surface area (Å²) in [5, 5.41) is 14.6. The fourth-order valence-electron chi connectivity index (χ4n) is 2.65. The van der Waals surface area contributed by atoms with Gasteiger partial charge in [-0.2, -0.15) is 0 Å². The molecule has 0 saturated carbocycles. The fraction of sp³-hybridized carbons (Fsp3) is 0.278. The van der Waals surface area contributed by atoms with Crippen LogP contribution in [-0.4, -0.2) is 30.3 Å². The van der Waals surface area contributed by atoms with Crippen LogP contribution >= 0.6 is 0 Å². The molecule has 25 heavy (non-hydrogen) atoms. The maximum absolute atomic E-state index is 14.1. The number of amides is 1. The predicted octanol–water partition coefficient (Wildman–Crippen LogP) is 3.51. The Morgan fingerprint density at radius 2 is 2.04 bits per heavy atom. The van der Waals surface area contributed by atoms with Crippen LogP contribution in [0.3, 0.4) is 0 Å². The van der Waals surface area contributed by atoms with Gasteiger partial charge in [-0.25, -0.2) is 8.78 Å². The molecule has 0 bridgehead atoms. The first kappa shape index (κ1) is 17.2. The quantitative estimate of drug-likeness (QED) is 0.773. The molecule has 2 aromatic carbocycles. The van der Waals surface area contributed by atoms with Crippen LogP contribution in [0.15, 0.2) is 36.4 Å². The highest BCUT2D eigenvalue weighted by molar-refractivity contribution is 6.04. The van der Waals surface area contributed by atoms with Gasteiger partial charge < -0.3 is 20.5 Å². The number of carbonyl (C=O) groups is 1. The molecule has 0 radical (unpaired) electrons. The summed E-state index contributed by atoms with van der Waals surface area (Å²) in [4.78, 5) is 12.1. The Kier molecular flexibility index (Phi) is 5.14. The van der Waals surface area contributed by atoms with Crippen molar-refractivity contribution in [1.29, 1.82) is 0 Å². The highest BCUT2D eigenvalue weighted by atomic mass is 19.1.